The first-order valence-electron chi connectivity index (χ1n) is 11.7. The third-order valence-corrected chi connectivity index (χ3v) is 5.43. The number of unbranched alkanes of at least 4 members (excludes halogenated alkanes) is 1. The molecule has 0 saturated carbocycles. The molecule has 14 nitrogen and oxygen atoms in total. The summed E-state index contributed by atoms with van der Waals surface area (Å²) in [6, 6.07) is -4.61. The van der Waals surface area contributed by atoms with E-state index in [-0.39, 0.29) is 18.8 Å². The molecular formula is C22H37N7O7. The lowest BCUT2D eigenvalue weighted by Gasteiger charge is -2.27. The van der Waals surface area contributed by atoms with Gasteiger partial charge < -0.3 is 42.6 Å². The molecule has 0 fully saturated rings. The fraction of sp³-hybridized carbons (Fsp3) is 0.636. The van der Waals surface area contributed by atoms with Gasteiger partial charge in [-0.3, -0.25) is 19.2 Å². The second-order valence-electron chi connectivity index (χ2n) is 8.80. The maximum Gasteiger partial charge on any atom is 0.326 e. The van der Waals surface area contributed by atoms with Crippen LogP contribution >= 0.6 is 0 Å². The van der Waals surface area contributed by atoms with E-state index < -0.39 is 60.2 Å². The standard InChI is InChI=1S/C22H37N7O7/c1-12(2)18(29-19(32)14(24)5-3-4-8-23)21(34)27-15(6-7-17(30)31)20(33)28-16(22(35)36)9-13-10-25-11-26-13/h10-12,14-16,18H,3-9,23-24H2,1-2H3,(H,25,26)(H,27,34)(H,28,33)(H,29,32)(H,30,31)(H,35,36). The highest BCUT2D eigenvalue weighted by molar-refractivity contribution is 5.94. The molecule has 14 heteroatoms. The zero-order chi connectivity index (χ0) is 27.3. The minimum atomic E-state index is -1.35. The van der Waals surface area contributed by atoms with Gasteiger partial charge >= 0.3 is 11.9 Å². The van der Waals surface area contributed by atoms with Crippen LogP contribution in [0.15, 0.2) is 12.5 Å². The average molecular weight is 512 g/mol. The lowest BCUT2D eigenvalue weighted by atomic mass is 10.0. The van der Waals surface area contributed by atoms with Crippen LogP contribution in [0.3, 0.4) is 0 Å². The average Bonchev–Trinajstić information content (AvgIpc) is 3.32. The first-order chi connectivity index (χ1) is 17.0. The molecule has 1 rings (SSSR count). The Hall–Kier alpha value is -3.52. The summed E-state index contributed by atoms with van der Waals surface area (Å²) in [6.45, 7) is 3.83. The minimum Gasteiger partial charge on any atom is -0.481 e. The summed E-state index contributed by atoms with van der Waals surface area (Å²) in [7, 11) is 0. The Labute approximate surface area is 209 Å². The van der Waals surface area contributed by atoms with Gasteiger partial charge in [0.1, 0.15) is 18.1 Å². The normalized spacial score (nSPS) is 14.4. The molecule has 3 amide bonds. The highest BCUT2D eigenvalue weighted by atomic mass is 16.4. The number of nitrogens with two attached hydrogens (primary N) is 2. The van der Waals surface area contributed by atoms with E-state index in [0.29, 0.717) is 31.5 Å². The fourth-order valence-electron chi connectivity index (χ4n) is 3.32. The van der Waals surface area contributed by atoms with Gasteiger partial charge in [-0.25, -0.2) is 9.78 Å². The molecule has 4 atom stereocenters. The van der Waals surface area contributed by atoms with Gasteiger partial charge in [0.05, 0.1) is 12.4 Å². The molecule has 36 heavy (non-hydrogen) atoms. The molecule has 1 heterocycles. The maximum atomic E-state index is 13.0. The Bertz CT molecular complexity index is 876. The molecular weight excluding hydrogens is 474 g/mol. The Morgan fingerprint density at radius 1 is 0.972 bits per heavy atom. The molecule has 0 spiro atoms. The van der Waals surface area contributed by atoms with E-state index in [4.69, 9.17) is 16.6 Å². The van der Waals surface area contributed by atoms with Crippen LogP contribution in [0.1, 0.15) is 51.6 Å². The number of aromatic nitrogens is 2. The zero-order valence-electron chi connectivity index (χ0n) is 20.5. The Morgan fingerprint density at radius 3 is 2.17 bits per heavy atom. The van der Waals surface area contributed by atoms with Gasteiger partial charge in [0.25, 0.3) is 0 Å². The summed E-state index contributed by atoms with van der Waals surface area (Å²) >= 11 is 0. The van der Waals surface area contributed by atoms with Gasteiger partial charge in [-0.15, -0.1) is 0 Å². The van der Waals surface area contributed by atoms with E-state index in [0.717, 1.165) is 0 Å². The number of nitrogens with zero attached hydrogens (tertiary/aromatic N) is 1. The SMILES string of the molecule is CC(C)C(NC(=O)C(N)CCCCN)C(=O)NC(CCC(=O)O)C(=O)NC(Cc1cnc[nH]1)C(=O)O. The van der Waals surface area contributed by atoms with E-state index in [9.17, 15) is 29.1 Å². The predicted molar refractivity (Wildman–Crippen MR) is 128 cm³/mol. The summed E-state index contributed by atoms with van der Waals surface area (Å²) < 4.78 is 0. The zero-order valence-corrected chi connectivity index (χ0v) is 20.5. The van der Waals surface area contributed by atoms with E-state index >= 15 is 0 Å². The van der Waals surface area contributed by atoms with Crippen molar-refractivity contribution in [3.63, 3.8) is 0 Å². The molecule has 0 aromatic carbocycles. The lowest BCUT2D eigenvalue weighted by molar-refractivity contribution is -0.143. The fourth-order valence-corrected chi connectivity index (χ4v) is 3.32. The van der Waals surface area contributed by atoms with Crippen LogP contribution in [0.25, 0.3) is 0 Å². The lowest BCUT2D eigenvalue weighted by Crippen LogP contribution is -2.58. The summed E-state index contributed by atoms with van der Waals surface area (Å²) in [5.74, 6) is -5.05. The number of hydrogen-bond acceptors (Lipinski definition) is 8. The minimum absolute atomic E-state index is 0.104. The van der Waals surface area contributed by atoms with Crippen LogP contribution in [0.5, 0.6) is 0 Å². The van der Waals surface area contributed by atoms with Gasteiger partial charge in [-0.2, -0.15) is 0 Å². The Kier molecular flexibility index (Phi) is 13.1. The van der Waals surface area contributed by atoms with Crippen LogP contribution < -0.4 is 27.4 Å². The number of carboxylic acid groups (broad SMARTS) is 2. The quantitative estimate of drug-likeness (QED) is 0.112. The summed E-state index contributed by atoms with van der Waals surface area (Å²) in [6.07, 6.45) is 3.64. The first-order valence-corrected chi connectivity index (χ1v) is 11.7. The second kappa shape index (κ2) is 15.5. The maximum absolute atomic E-state index is 13.0. The number of rotatable bonds is 17. The molecule has 0 bridgehead atoms. The molecule has 0 aliphatic rings. The summed E-state index contributed by atoms with van der Waals surface area (Å²) in [5, 5.41) is 25.9. The van der Waals surface area contributed by atoms with Crippen molar-refractivity contribution >= 4 is 29.7 Å². The molecule has 1 aromatic heterocycles. The number of imidazole rings is 1. The predicted octanol–water partition coefficient (Wildman–Crippen LogP) is -1.53. The molecule has 0 aliphatic carbocycles. The number of carboxylic acids is 2. The highest BCUT2D eigenvalue weighted by Gasteiger charge is 2.32. The van der Waals surface area contributed by atoms with Crippen LogP contribution in [0.2, 0.25) is 0 Å². The van der Waals surface area contributed by atoms with Gasteiger partial charge in [-0.05, 0) is 31.7 Å². The van der Waals surface area contributed by atoms with Gasteiger partial charge in [0, 0.05) is 24.7 Å². The van der Waals surface area contributed by atoms with E-state index in [2.05, 4.69) is 25.9 Å². The number of carbonyl (C=O) groups is 5. The number of amides is 3. The highest BCUT2D eigenvalue weighted by Crippen LogP contribution is 2.08. The molecule has 1 aromatic rings. The van der Waals surface area contributed by atoms with Crippen LogP contribution in [-0.4, -0.2) is 80.6 Å². The number of aliphatic carboxylic acids is 2. The number of H-pyrrole nitrogens is 1. The van der Waals surface area contributed by atoms with Gasteiger partial charge in [-0.1, -0.05) is 20.3 Å². The monoisotopic (exact) mass is 511 g/mol. The third kappa shape index (κ3) is 10.8. The topological polar surface area (TPSA) is 243 Å². The second-order valence-corrected chi connectivity index (χ2v) is 8.80. The molecule has 0 radical (unpaired) electrons. The van der Waals surface area contributed by atoms with Gasteiger partial charge in [0.2, 0.25) is 17.7 Å². The van der Waals surface area contributed by atoms with Crippen molar-refractivity contribution in [2.75, 3.05) is 6.54 Å². The summed E-state index contributed by atoms with van der Waals surface area (Å²) in [4.78, 5) is 67.6. The van der Waals surface area contributed by atoms with Crippen molar-refractivity contribution in [1.29, 1.82) is 0 Å². The largest absolute Gasteiger partial charge is 0.481 e. The van der Waals surface area contributed by atoms with Crippen molar-refractivity contribution < 1.29 is 34.2 Å². The van der Waals surface area contributed by atoms with Crippen LogP contribution in [-0.2, 0) is 30.4 Å². The van der Waals surface area contributed by atoms with E-state index in [1.165, 1.54) is 12.5 Å². The number of carbonyl (C=O) groups excluding carboxylic acids is 3. The summed E-state index contributed by atoms with van der Waals surface area (Å²) in [5.41, 5.74) is 11.8. The van der Waals surface area contributed by atoms with Crippen molar-refractivity contribution in [2.24, 2.45) is 17.4 Å². The van der Waals surface area contributed by atoms with Gasteiger partial charge in [0.15, 0.2) is 0 Å². The van der Waals surface area contributed by atoms with Crippen molar-refractivity contribution in [3.05, 3.63) is 18.2 Å². The van der Waals surface area contributed by atoms with E-state index in [1.54, 1.807) is 13.8 Å². The third-order valence-electron chi connectivity index (χ3n) is 5.43. The van der Waals surface area contributed by atoms with E-state index in [1.807, 2.05) is 0 Å². The van der Waals surface area contributed by atoms with Crippen molar-refractivity contribution in [2.45, 2.75) is 76.5 Å². The van der Waals surface area contributed by atoms with Crippen molar-refractivity contribution in [3.8, 4) is 0 Å². The number of nitrogens with one attached hydrogen (secondary N) is 4. The Morgan fingerprint density at radius 2 is 1.64 bits per heavy atom. The number of aromatic amines is 1. The molecule has 4 unspecified atom stereocenters. The smallest absolute Gasteiger partial charge is 0.326 e. The Balaban J connectivity index is 2.93. The first kappa shape index (κ1) is 30.5. The molecule has 0 saturated heterocycles. The van der Waals surface area contributed by atoms with Crippen LogP contribution in [0.4, 0.5) is 0 Å². The molecule has 10 N–H and O–H groups in total. The van der Waals surface area contributed by atoms with Crippen molar-refractivity contribution in [1.82, 2.24) is 25.9 Å². The number of hydrogen-bond donors (Lipinski definition) is 8. The van der Waals surface area contributed by atoms with Crippen LogP contribution in [0, 0.1) is 5.92 Å². The molecule has 202 valence electrons. The molecule has 0 aliphatic heterocycles.